The first-order chi connectivity index (χ1) is 8.47. The second-order valence-electron chi connectivity index (χ2n) is 6.99. The van der Waals surface area contributed by atoms with Crippen LogP contribution < -0.4 is 5.32 Å². The van der Waals surface area contributed by atoms with Crippen molar-refractivity contribution in [2.45, 2.75) is 20.3 Å². The summed E-state index contributed by atoms with van der Waals surface area (Å²) in [5.41, 5.74) is 0.314. The van der Waals surface area contributed by atoms with E-state index in [0.717, 1.165) is 19.0 Å². The van der Waals surface area contributed by atoms with Crippen molar-refractivity contribution in [3.05, 3.63) is 0 Å². The molecular formula is C14H28N2O2. The molecule has 2 heterocycles. The van der Waals surface area contributed by atoms with Gasteiger partial charge < -0.3 is 20.1 Å². The van der Waals surface area contributed by atoms with E-state index in [0.29, 0.717) is 18.6 Å². The molecule has 2 N–H and O–H groups in total. The van der Waals surface area contributed by atoms with Crippen LogP contribution in [0.2, 0.25) is 0 Å². The molecule has 0 saturated carbocycles. The summed E-state index contributed by atoms with van der Waals surface area (Å²) in [6.07, 6.45) is 1.30. The van der Waals surface area contributed by atoms with Crippen LogP contribution in [0.25, 0.3) is 0 Å². The predicted octanol–water partition coefficient (Wildman–Crippen LogP) is 0.563. The minimum atomic E-state index is -0.0114. The zero-order valence-corrected chi connectivity index (χ0v) is 12.0. The number of hydrogen-bond donors (Lipinski definition) is 2. The van der Waals surface area contributed by atoms with Crippen LogP contribution in [0.5, 0.6) is 0 Å². The molecule has 2 saturated heterocycles. The maximum atomic E-state index is 9.39. The number of nitrogens with zero attached hydrogens (tertiary/aromatic N) is 1. The van der Waals surface area contributed by atoms with Crippen LogP contribution in [0.1, 0.15) is 20.3 Å². The lowest BCUT2D eigenvalue weighted by Crippen LogP contribution is -2.53. The number of aliphatic hydroxyl groups excluding tert-OH is 1. The van der Waals surface area contributed by atoms with Gasteiger partial charge in [-0.05, 0) is 31.3 Å². The quantitative estimate of drug-likeness (QED) is 0.729. The highest BCUT2D eigenvalue weighted by atomic mass is 16.5. The van der Waals surface area contributed by atoms with E-state index in [9.17, 15) is 5.11 Å². The van der Waals surface area contributed by atoms with Gasteiger partial charge in [0, 0.05) is 19.6 Å². The van der Waals surface area contributed by atoms with E-state index < -0.39 is 0 Å². The first kappa shape index (κ1) is 14.3. The summed E-state index contributed by atoms with van der Waals surface area (Å²) in [5.74, 6) is 0.776. The lowest BCUT2D eigenvalue weighted by Gasteiger charge is -2.41. The molecule has 1 unspecified atom stereocenters. The van der Waals surface area contributed by atoms with Gasteiger partial charge >= 0.3 is 0 Å². The Hall–Kier alpha value is -0.160. The second kappa shape index (κ2) is 5.45. The zero-order chi connectivity index (χ0) is 13.2. The molecule has 4 nitrogen and oxygen atoms in total. The fourth-order valence-corrected chi connectivity index (χ4v) is 3.01. The summed E-state index contributed by atoms with van der Waals surface area (Å²) in [4.78, 5) is 2.42. The van der Waals surface area contributed by atoms with Crippen molar-refractivity contribution < 1.29 is 9.84 Å². The SMILES string of the molecule is CN1CCC(C(C)(C)CNCC2(CO)COC2)C1. The van der Waals surface area contributed by atoms with Gasteiger partial charge in [0.2, 0.25) is 0 Å². The molecule has 2 aliphatic rings. The van der Waals surface area contributed by atoms with Gasteiger partial charge in [0.25, 0.3) is 0 Å². The average molecular weight is 256 g/mol. The van der Waals surface area contributed by atoms with Gasteiger partial charge in [-0.3, -0.25) is 0 Å². The maximum absolute atomic E-state index is 9.39. The van der Waals surface area contributed by atoms with Crippen molar-refractivity contribution in [1.82, 2.24) is 10.2 Å². The van der Waals surface area contributed by atoms with Gasteiger partial charge in [0.05, 0.1) is 25.2 Å². The van der Waals surface area contributed by atoms with Crippen LogP contribution in [0.4, 0.5) is 0 Å². The highest BCUT2D eigenvalue weighted by Crippen LogP contribution is 2.33. The van der Waals surface area contributed by atoms with Crippen molar-refractivity contribution in [2.75, 3.05) is 53.0 Å². The number of likely N-dealkylation sites (tertiary alicyclic amines) is 1. The van der Waals surface area contributed by atoms with E-state index in [1.807, 2.05) is 0 Å². The van der Waals surface area contributed by atoms with Crippen LogP contribution in [-0.2, 0) is 4.74 Å². The van der Waals surface area contributed by atoms with Gasteiger partial charge in [-0.1, -0.05) is 13.8 Å². The van der Waals surface area contributed by atoms with Gasteiger partial charge in [0.15, 0.2) is 0 Å². The van der Waals surface area contributed by atoms with E-state index in [1.54, 1.807) is 0 Å². The first-order valence-corrected chi connectivity index (χ1v) is 7.05. The highest BCUT2D eigenvalue weighted by Gasteiger charge is 2.39. The summed E-state index contributed by atoms with van der Waals surface area (Å²) in [5, 5.41) is 12.9. The van der Waals surface area contributed by atoms with Crippen LogP contribution in [0, 0.1) is 16.7 Å². The molecule has 106 valence electrons. The Balaban J connectivity index is 1.75. The molecule has 0 radical (unpaired) electrons. The number of hydrogen-bond acceptors (Lipinski definition) is 4. The molecule has 4 heteroatoms. The van der Waals surface area contributed by atoms with Crippen LogP contribution in [0.3, 0.4) is 0 Å². The average Bonchev–Trinajstić information content (AvgIpc) is 2.70. The van der Waals surface area contributed by atoms with Crippen molar-refractivity contribution in [1.29, 1.82) is 0 Å². The minimum absolute atomic E-state index is 0.0114. The van der Waals surface area contributed by atoms with Crippen molar-refractivity contribution in [2.24, 2.45) is 16.7 Å². The summed E-state index contributed by atoms with van der Waals surface area (Å²) < 4.78 is 5.22. The largest absolute Gasteiger partial charge is 0.396 e. The molecule has 0 aliphatic carbocycles. The van der Waals surface area contributed by atoms with E-state index >= 15 is 0 Å². The summed E-state index contributed by atoms with van der Waals surface area (Å²) in [7, 11) is 2.20. The molecule has 2 aliphatic heterocycles. The van der Waals surface area contributed by atoms with Gasteiger partial charge in [0.1, 0.15) is 0 Å². The van der Waals surface area contributed by atoms with Gasteiger partial charge in [-0.15, -0.1) is 0 Å². The number of nitrogens with one attached hydrogen (secondary N) is 1. The Morgan fingerprint density at radius 1 is 1.44 bits per heavy atom. The van der Waals surface area contributed by atoms with Gasteiger partial charge in [-0.2, -0.15) is 0 Å². The fourth-order valence-electron chi connectivity index (χ4n) is 3.01. The van der Waals surface area contributed by atoms with Crippen LogP contribution in [0.15, 0.2) is 0 Å². The van der Waals surface area contributed by atoms with Crippen LogP contribution in [-0.4, -0.2) is 63.1 Å². The number of rotatable bonds is 6. The Labute approximate surface area is 111 Å². The summed E-state index contributed by atoms with van der Waals surface area (Å²) >= 11 is 0. The fraction of sp³-hybridized carbons (Fsp3) is 1.00. The highest BCUT2D eigenvalue weighted by molar-refractivity contribution is 4.90. The minimum Gasteiger partial charge on any atom is -0.396 e. The molecule has 0 spiro atoms. The topological polar surface area (TPSA) is 44.7 Å². The van der Waals surface area contributed by atoms with E-state index in [2.05, 4.69) is 31.1 Å². The lowest BCUT2D eigenvalue weighted by molar-refractivity contribution is -0.134. The maximum Gasteiger partial charge on any atom is 0.0579 e. The van der Waals surface area contributed by atoms with Crippen molar-refractivity contribution in [3.8, 4) is 0 Å². The predicted molar refractivity (Wildman–Crippen MR) is 72.6 cm³/mol. The molecule has 2 fully saturated rings. The molecular weight excluding hydrogens is 228 g/mol. The van der Waals surface area contributed by atoms with Gasteiger partial charge in [-0.25, -0.2) is 0 Å². The smallest absolute Gasteiger partial charge is 0.0579 e. The zero-order valence-electron chi connectivity index (χ0n) is 12.0. The monoisotopic (exact) mass is 256 g/mol. The third kappa shape index (κ3) is 3.05. The second-order valence-corrected chi connectivity index (χ2v) is 6.99. The summed E-state index contributed by atoms with van der Waals surface area (Å²) in [6, 6.07) is 0. The van der Waals surface area contributed by atoms with E-state index in [1.165, 1.54) is 19.5 Å². The standard InChI is InChI=1S/C14H28N2O2/c1-13(2,12-4-5-16(3)6-12)7-15-8-14(9-17)10-18-11-14/h12,15,17H,4-11H2,1-3H3. The normalized spacial score (nSPS) is 28.3. The molecule has 0 aromatic carbocycles. The molecule has 2 rings (SSSR count). The molecule has 1 atom stereocenters. The molecule has 0 bridgehead atoms. The Bertz CT molecular complexity index is 271. The van der Waals surface area contributed by atoms with E-state index in [4.69, 9.17) is 4.74 Å². The third-order valence-electron chi connectivity index (χ3n) is 4.73. The lowest BCUT2D eigenvalue weighted by atomic mass is 9.77. The Morgan fingerprint density at radius 3 is 2.61 bits per heavy atom. The molecule has 18 heavy (non-hydrogen) atoms. The number of ether oxygens (including phenoxy) is 1. The summed E-state index contributed by atoms with van der Waals surface area (Å²) in [6.45, 7) is 10.7. The molecule has 0 aromatic heterocycles. The first-order valence-electron chi connectivity index (χ1n) is 7.05. The Kier molecular flexibility index (Phi) is 4.32. The van der Waals surface area contributed by atoms with E-state index in [-0.39, 0.29) is 12.0 Å². The third-order valence-corrected chi connectivity index (χ3v) is 4.73. The Morgan fingerprint density at radius 2 is 2.17 bits per heavy atom. The van der Waals surface area contributed by atoms with Crippen LogP contribution >= 0.6 is 0 Å². The molecule has 0 amide bonds. The van der Waals surface area contributed by atoms with Crippen molar-refractivity contribution in [3.63, 3.8) is 0 Å². The molecule has 0 aromatic rings. The van der Waals surface area contributed by atoms with Crippen molar-refractivity contribution >= 4 is 0 Å². The number of aliphatic hydroxyl groups is 1.